The third kappa shape index (κ3) is 3.13. The van der Waals surface area contributed by atoms with Gasteiger partial charge in [-0.1, -0.05) is 29.8 Å². The number of amides is 2. The zero-order valence-electron chi connectivity index (χ0n) is 19.5. The van der Waals surface area contributed by atoms with Gasteiger partial charge in [-0.2, -0.15) is 0 Å². The number of carbonyl (C=O) groups is 4. The van der Waals surface area contributed by atoms with Crippen molar-refractivity contribution in [2.75, 3.05) is 0 Å². The van der Waals surface area contributed by atoms with Gasteiger partial charge in [-0.25, -0.2) is 0 Å². The fourth-order valence-electron chi connectivity index (χ4n) is 6.14. The van der Waals surface area contributed by atoms with Gasteiger partial charge in [-0.3, -0.25) is 24.1 Å². The number of likely N-dealkylation sites (tertiary alicyclic amines) is 1. The summed E-state index contributed by atoms with van der Waals surface area (Å²) in [5, 5.41) is 11.0. The number of rotatable bonds is 1. The molecule has 0 aromatic heterocycles. The second-order valence-corrected chi connectivity index (χ2v) is 11.4. The predicted molar refractivity (Wildman–Crippen MR) is 129 cm³/mol. The van der Waals surface area contributed by atoms with Crippen molar-refractivity contribution in [3.63, 3.8) is 0 Å². The highest BCUT2D eigenvalue weighted by atomic mass is 79.9. The lowest BCUT2D eigenvalue weighted by molar-refractivity contribution is -0.145. The summed E-state index contributed by atoms with van der Waals surface area (Å²) in [6.07, 6.45) is 3.86. The molecule has 2 amide bonds. The molecule has 176 valence electrons. The van der Waals surface area contributed by atoms with Crippen LogP contribution in [0.3, 0.4) is 0 Å². The molecule has 7 heteroatoms. The van der Waals surface area contributed by atoms with Gasteiger partial charge in [0.2, 0.25) is 11.8 Å². The average molecular weight is 524 g/mol. The topological polar surface area (TPSA) is 91.8 Å². The Morgan fingerprint density at radius 2 is 1.76 bits per heavy atom. The summed E-state index contributed by atoms with van der Waals surface area (Å²) >= 11 is 3.22. The minimum Gasteiger partial charge on any atom is -0.507 e. The number of ketones is 2. The number of phenols is 1. The number of benzene rings is 1. The van der Waals surface area contributed by atoms with E-state index < -0.39 is 29.2 Å². The maximum atomic E-state index is 13.6. The minimum absolute atomic E-state index is 0.0713. The number of hydrogen-bond donors (Lipinski definition) is 1. The van der Waals surface area contributed by atoms with Crippen molar-refractivity contribution in [2.45, 2.75) is 52.0 Å². The predicted octanol–water partition coefficient (Wildman–Crippen LogP) is 4.26. The van der Waals surface area contributed by atoms with Crippen LogP contribution in [0.4, 0.5) is 0 Å². The van der Waals surface area contributed by atoms with Crippen molar-refractivity contribution in [1.29, 1.82) is 0 Å². The molecule has 1 aromatic rings. The number of phenolic OH excluding ortho intramolecular Hbond substituents is 1. The highest BCUT2D eigenvalue weighted by molar-refractivity contribution is 9.12. The third-order valence-corrected chi connectivity index (χ3v) is 8.17. The largest absolute Gasteiger partial charge is 0.507 e. The third-order valence-electron chi connectivity index (χ3n) is 7.58. The van der Waals surface area contributed by atoms with Gasteiger partial charge in [0.05, 0.1) is 16.3 Å². The molecule has 1 aromatic carbocycles. The van der Waals surface area contributed by atoms with Crippen molar-refractivity contribution in [3.8, 4) is 5.75 Å². The van der Waals surface area contributed by atoms with E-state index in [-0.39, 0.29) is 40.0 Å². The summed E-state index contributed by atoms with van der Waals surface area (Å²) in [5.74, 6) is -3.02. The van der Waals surface area contributed by atoms with Crippen molar-refractivity contribution in [2.24, 2.45) is 17.8 Å². The molecular formula is C27H26BrNO5. The number of Topliss-reactive ketones (excluding diaryl/α,β-unsaturated/α-hetero) is 1. The first kappa shape index (κ1) is 23.0. The Kier molecular flexibility index (Phi) is 5.13. The van der Waals surface area contributed by atoms with Gasteiger partial charge in [0, 0.05) is 34.2 Å². The quantitative estimate of drug-likeness (QED) is 0.337. The summed E-state index contributed by atoms with van der Waals surface area (Å²) < 4.78 is 0.188. The molecule has 3 aliphatic carbocycles. The van der Waals surface area contributed by atoms with E-state index in [0.29, 0.717) is 28.7 Å². The standard InChI is InChI=1S/C27H26BrNO5/c1-12-6-5-7-14(23(12)31)20-13-8-9-15-21(26(34)29(25(15)33)27(2,3)4)16(13)10-17-22(20)19(30)11-18(28)24(17)32/h5-8,11,15-16,20-21,31H,9-10H2,1-4H3/t15-,16+,20+,21-/m0/s1. The van der Waals surface area contributed by atoms with E-state index in [9.17, 15) is 24.3 Å². The fraction of sp³-hybridized carbons (Fsp3) is 0.407. The van der Waals surface area contributed by atoms with Crippen LogP contribution >= 0.6 is 15.9 Å². The van der Waals surface area contributed by atoms with Gasteiger partial charge in [0.25, 0.3) is 0 Å². The minimum atomic E-state index is -0.651. The van der Waals surface area contributed by atoms with E-state index in [0.717, 1.165) is 5.57 Å². The molecule has 4 aliphatic rings. The normalized spacial score (nSPS) is 29.0. The van der Waals surface area contributed by atoms with Crippen LogP contribution in [0.15, 0.2) is 51.6 Å². The average Bonchev–Trinajstić information content (AvgIpc) is 3.03. The van der Waals surface area contributed by atoms with Gasteiger partial charge in [0.1, 0.15) is 5.75 Å². The summed E-state index contributed by atoms with van der Waals surface area (Å²) in [6.45, 7) is 7.31. The number of para-hydroxylation sites is 1. The summed E-state index contributed by atoms with van der Waals surface area (Å²) in [5.41, 5.74) is 2.11. The highest BCUT2D eigenvalue weighted by Crippen LogP contribution is 2.56. The molecule has 0 spiro atoms. The first-order chi connectivity index (χ1) is 15.9. The number of aryl methyl sites for hydroxylation is 1. The highest BCUT2D eigenvalue weighted by Gasteiger charge is 2.58. The molecule has 0 unspecified atom stereocenters. The second-order valence-electron chi connectivity index (χ2n) is 10.6. The molecular weight excluding hydrogens is 498 g/mol. The van der Waals surface area contributed by atoms with Crippen molar-refractivity contribution >= 4 is 39.3 Å². The molecule has 0 saturated carbocycles. The molecule has 1 fully saturated rings. The van der Waals surface area contributed by atoms with Gasteiger partial charge in [-0.05, 0) is 67.9 Å². The van der Waals surface area contributed by atoms with Crippen LogP contribution in [0, 0.1) is 24.7 Å². The van der Waals surface area contributed by atoms with Crippen LogP contribution in [0.25, 0.3) is 0 Å². The maximum absolute atomic E-state index is 13.6. The van der Waals surface area contributed by atoms with Crippen molar-refractivity contribution in [3.05, 3.63) is 62.7 Å². The number of halogens is 1. The Hall–Kier alpha value is -2.80. The number of fused-ring (bicyclic) bond motifs is 3. The van der Waals surface area contributed by atoms with Crippen LogP contribution in [0.2, 0.25) is 0 Å². The number of nitrogens with zero attached hydrogens (tertiary/aromatic N) is 1. The molecule has 0 bridgehead atoms. The number of aromatic hydroxyl groups is 1. The van der Waals surface area contributed by atoms with E-state index in [2.05, 4.69) is 15.9 Å². The Bertz CT molecular complexity index is 1280. The molecule has 1 aliphatic heterocycles. The number of carbonyl (C=O) groups excluding carboxylic acids is 4. The maximum Gasteiger partial charge on any atom is 0.234 e. The number of allylic oxidation sites excluding steroid dienone is 6. The van der Waals surface area contributed by atoms with Gasteiger partial charge < -0.3 is 5.11 Å². The lowest BCUT2D eigenvalue weighted by Gasteiger charge is -2.42. The Morgan fingerprint density at radius 3 is 2.44 bits per heavy atom. The summed E-state index contributed by atoms with van der Waals surface area (Å²) in [4.78, 5) is 54.7. The first-order valence-electron chi connectivity index (χ1n) is 11.5. The molecule has 1 saturated heterocycles. The van der Waals surface area contributed by atoms with Gasteiger partial charge in [-0.15, -0.1) is 0 Å². The molecule has 5 rings (SSSR count). The van der Waals surface area contributed by atoms with Crippen LogP contribution in [0.5, 0.6) is 5.75 Å². The van der Waals surface area contributed by atoms with E-state index >= 15 is 0 Å². The molecule has 1 N–H and O–H groups in total. The Balaban J connectivity index is 1.71. The SMILES string of the molecule is Cc1cccc([C@H]2C3=CC[C@@H]4C(=O)N(C(C)(C)C)C(=O)[C@@H]4[C@@H]3CC3=C2C(=O)C=C(Br)C3=O)c1O. The van der Waals surface area contributed by atoms with Gasteiger partial charge in [0.15, 0.2) is 11.6 Å². The zero-order valence-corrected chi connectivity index (χ0v) is 21.1. The van der Waals surface area contributed by atoms with Crippen LogP contribution in [-0.2, 0) is 19.2 Å². The van der Waals surface area contributed by atoms with E-state index in [1.807, 2.05) is 32.9 Å². The van der Waals surface area contributed by atoms with E-state index in [4.69, 9.17) is 0 Å². The Labute approximate surface area is 206 Å². The van der Waals surface area contributed by atoms with Crippen molar-refractivity contribution < 1.29 is 24.3 Å². The fourth-order valence-corrected chi connectivity index (χ4v) is 6.59. The van der Waals surface area contributed by atoms with Crippen LogP contribution in [0.1, 0.15) is 50.7 Å². The number of imide groups is 1. The number of hydrogen-bond acceptors (Lipinski definition) is 5. The lowest BCUT2D eigenvalue weighted by atomic mass is 9.59. The van der Waals surface area contributed by atoms with E-state index in [1.165, 1.54) is 11.0 Å². The zero-order chi connectivity index (χ0) is 24.7. The summed E-state index contributed by atoms with van der Waals surface area (Å²) in [7, 11) is 0. The Morgan fingerprint density at radius 1 is 1.06 bits per heavy atom. The summed E-state index contributed by atoms with van der Waals surface area (Å²) in [6, 6.07) is 5.36. The smallest absolute Gasteiger partial charge is 0.234 e. The van der Waals surface area contributed by atoms with Crippen LogP contribution in [-0.4, -0.2) is 38.9 Å². The van der Waals surface area contributed by atoms with Gasteiger partial charge >= 0.3 is 0 Å². The molecule has 34 heavy (non-hydrogen) atoms. The van der Waals surface area contributed by atoms with Crippen LogP contribution < -0.4 is 0 Å². The van der Waals surface area contributed by atoms with Crippen molar-refractivity contribution in [1.82, 2.24) is 4.90 Å². The first-order valence-corrected chi connectivity index (χ1v) is 12.3. The molecule has 1 heterocycles. The lowest BCUT2D eigenvalue weighted by Crippen LogP contribution is -2.46. The molecule has 4 atom stereocenters. The second kappa shape index (κ2) is 7.60. The monoisotopic (exact) mass is 523 g/mol. The van der Waals surface area contributed by atoms with E-state index in [1.54, 1.807) is 19.1 Å². The molecule has 0 radical (unpaired) electrons. The molecule has 6 nitrogen and oxygen atoms in total.